The molecule has 0 spiro atoms. The molecule has 2 atom stereocenters. The van der Waals surface area contributed by atoms with Crippen molar-refractivity contribution >= 4 is 23.2 Å². The van der Waals surface area contributed by atoms with Crippen LogP contribution in [0.2, 0.25) is 0 Å². The van der Waals surface area contributed by atoms with Gasteiger partial charge in [-0.05, 0) is 48.1 Å². The van der Waals surface area contributed by atoms with Crippen molar-refractivity contribution in [3.05, 3.63) is 69.8 Å². The third kappa shape index (κ3) is 6.87. The van der Waals surface area contributed by atoms with Crippen LogP contribution in [0.3, 0.4) is 0 Å². The summed E-state index contributed by atoms with van der Waals surface area (Å²) >= 11 is 0. The molecule has 8 nitrogen and oxygen atoms in total. The molecule has 0 heterocycles. The molecule has 1 saturated carbocycles. The van der Waals surface area contributed by atoms with Gasteiger partial charge in [-0.3, -0.25) is 19.7 Å². The van der Waals surface area contributed by atoms with Gasteiger partial charge in [0.2, 0.25) is 5.91 Å². The molecule has 1 aliphatic rings. The second-order valence-electron chi connectivity index (χ2n) is 10.2. The number of anilines is 1. The number of non-ortho nitro benzene ring substituents is 1. The molecule has 2 aromatic carbocycles. The number of carbonyl (C=O) groups is 2. The third-order valence-corrected chi connectivity index (χ3v) is 6.09. The first kappa shape index (κ1) is 25.4. The highest BCUT2D eigenvalue weighted by molar-refractivity contribution is 6.04. The molecule has 0 saturated heterocycles. The topological polar surface area (TPSA) is 119 Å². The van der Waals surface area contributed by atoms with Gasteiger partial charge in [-0.25, -0.2) is 0 Å². The quantitative estimate of drug-likeness (QED) is 0.445. The average molecular weight is 467 g/mol. The molecule has 1 fully saturated rings. The summed E-state index contributed by atoms with van der Waals surface area (Å²) in [6.45, 7) is 6.66. The van der Waals surface area contributed by atoms with Gasteiger partial charge >= 0.3 is 0 Å². The predicted molar refractivity (Wildman–Crippen MR) is 132 cm³/mol. The van der Waals surface area contributed by atoms with E-state index in [9.17, 15) is 19.7 Å². The van der Waals surface area contributed by atoms with Gasteiger partial charge in [0.05, 0.1) is 4.92 Å². The first-order valence-electron chi connectivity index (χ1n) is 11.7. The number of benzene rings is 2. The lowest BCUT2D eigenvalue weighted by molar-refractivity contribution is -0.384. The van der Waals surface area contributed by atoms with Crippen LogP contribution in [0.5, 0.6) is 0 Å². The van der Waals surface area contributed by atoms with E-state index in [1.807, 2.05) is 17.0 Å². The van der Waals surface area contributed by atoms with E-state index in [-0.39, 0.29) is 35.0 Å². The Balaban J connectivity index is 1.70. The monoisotopic (exact) mass is 466 g/mol. The number of nitrogens with zero attached hydrogens (tertiary/aromatic N) is 2. The van der Waals surface area contributed by atoms with Gasteiger partial charge in [-0.1, -0.05) is 45.7 Å². The minimum Gasteiger partial charge on any atom is -0.334 e. The molecular formula is C26H34N4O4. The Hall–Kier alpha value is -3.26. The van der Waals surface area contributed by atoms with E-state index in [4.69, 9.17) is 5.73 Å². The Kier molecular flexibility index (Phi) is 8.04. The number of nitro benzene ring substituents is 1. The van der Waals surface area contributed by atoms with Crippen molar-refractivity contribution in [2.45, 2.75) is 71.5 Å². The molecule has 2 aromatic rings. The average Bonchev–Trinajstić information content (AvgIpc) is 2.78. The SMILES string of the molecule is CC(C)(C)CC(=O)N(Cc1ccc(NC(=O)c2ccc([N+](=O)[O-])cc2)cc1)C1CCCCC1N. The lowest BCUT2D eigenvalue weighted by Crippen LogP contribution is -2.52. The minimum absolute atomic E-state index is 0.0158. The first-order valence-corrected chi connectivity index (χ1v) is 11.7. The molecule has 0 radical (unpaired) electrons. The lowest BCUT2D eigenvalue weighted by Gasteiger charge is -2.39. The Morgan fingerprint density at radius 3 is 2.24 bits per heavy atom. The fourth-order valence-electron chi connectivity index (χ4n) is 4.30. The molecule has 1 aliphatic carbocycles. The maximum absolute atomic E-state index is 13.2. The third-order valence-electron chi connectivity index (χ3n) is 6.09. The summed E-state index contributed by atoms with van der Waals surface area (Å²) in [4.78, 5) is 37.9. The summed E-state index contributed by atoms with van der Waals surface area (Å²) in [5.74, 6) is -0.233. The van der Waals surface area contributed by atoms with E-state index in [0.29, 0.717) is 24.2 Å². The molecule has 0 bridgehead atoms. The Labute approximate surface area is 200 Å². The summed E-state index contributed by atoms with van der Waals surface area (Å²) in [7, 11) is 0. The molecule has 2 unspecified atom stereocenters. The number of hydrogen-bond acceptors (Lipinski definition) is 5. The Bertz CT molecular complexity index is 1010. The fraction of sp³-hybridized carbons (Fsp3) is 0.462. The van der Waals surface area contributed by atoms with Crippen LogP contribution in [0.25, 0.3) is 0 Å². The summed E-state index contributed by atoms with van der Waals surface area (Å²) in [5, 5.41) is 13.6. The Morgan fingerprint density at radius 2 is 1.68 bits per heavy atom. The van der Waals surface area contributed by atoms with Crippen LogP contribution in [-0.4, -0.2) is 33.7 Å². The van der Waals surface area contributed by atoms with Crippen molar-refractivity contribution in [3.8, 4) is 0 Å². The second-order valence-corrected chi connectivity index (χ2v) is 10.2. The summed E-state index contributed by atoms with van der Waals surface area (Å²) in [6, 6.07) is 12.9. The van der Waals surface area contributed by atoms with Gasteiger partial charge in [-0.15, -0.1) is 0 Å². The lowest BCUT2D eigenvalue weighted by atomic mass is 9.87. The highest BCUT2D eigenvalue weighted by atomic mass is 16.6. The maximum atomic E-state index is 13.2. The van der Waals surface area contributed by atoms with Gasteiger partial charge in [-0.2, -0.15) is 0 Å². The van der Waals surface area contributed by atoms with Crippen LogP contribution < -0.4 is 11.1 Å². The highest BCUT2D eigenvalue weighted by Crippen LogP contribution is 2.28. The zero-order chi connectivity index (χ0) is 24.9. The predicted octanol–water partition coefficient (Wildman–Crippen LogP) is 4.88. The van der Waals surface area contributed by atoms with Gasteiger partial charge in [0, 0.05) is 48.4 Å². The number of hydrogen-bond donors (Lipinski definition) is 2. The Morgan fingerprint density at radius 1 is 1.06 bits per heavy atom. The number of nitrogens with two attached hydrogens (primary N) is 1. The smallest absolute Gasteiger partial charge is 0.269 e. The zero-order valence-corrected chi connectivity index (χ0v) is 20.1. The largest absolute Gasteiger partial charge is 0.334 e. The van der Waals surface area contributed by atoms with Crippen molar-refractivity contribution in [3.63, 3.8) is 0 Å². The van der Waals surface area contributed by atoms with Gasteiger partial charge < -0.3 is 16.0 Å². The van der Waals surface area contributed by atoms with E-state index in [2.05, 4.69) is 26.1 Å². The van der Waals surface area contributed by atoms with E-state index in [0.717, 1.165) is 31.2 Å². The zero-order valence-electron chi connectivity index (χ0n) is 20.1. The summed E-state index contributed by atoms with van der Waals surface area (Å²) in [6.07, 6.45) is 4.48. The number of nitro groups is 1. The van der Waals surface area contributed by atoms with Gasteiger partial charge in [0.25, 0.3) is 11.6 Å². The van der Waals surface area contributed by atoms with Crippen LogP contribution in [0.1, 0.15) is 68.8 Å². The number of rotatable bonds is 7. The standard InChI is InChI=1S/C26H34N4O4/c1-26(2,3)16-24(31)29(23-7-5-4-6-22(23)27)17-18-8-12-20(13-9-18)28-25(32)19-10-14-21(15-11-19)30(33)34/h8-15,22-23H,4-7,16-17,27H2,1-3H3,(H,28,32). The second kappa shape index (κ2) is 10.8. The first-order chi connectivity index (χ1) is 16.0. The fourth-order valence-corrected chi connectivity index (χ4v) is 4.30. The van der Waals surface area contributed by atoms with E-state index in [1.165, 1.54) is 24.3 Å². The van der Waals surface area contributed by atoms with Crippen LogP contribution in [0.15, 0.2) is 48.5 Å². The molecular weight excluding hydrogens is 432 g/mol. The molecule has 8 heteroatoms. The molecule has 2 amide bonds. The van der Waals surface area contributed by atoms with Crippen LogP contribution in [0, 0.1) is 15.5 Å². The molecule has 3 rings (SSSR count). The minimum atomic E-state index is -0.504. The van der Waals surface area contributed by atoms with E-state index in [1.54, 1.807) is 12.1 Å². The summed E-state index contributed by atoms with van der Waals surface area (Å²) in [5.41, 5.74) is 8.14. The number of nitrogens with one attached hydrogen (secondary N) is 1. The number of carbonyl (C=O) groups excluding carboxylic acids is 2. The molecule has 3 N–H and O–H groups in total. The van der Waals surface area contributed by atoms with Gasteiger partial charge in [0.1, 0.15) is 0 Å². The maximum Gasteiger partial charge on any atom is 0.269 e. The molecule has 0 aliphatic heterocycles. The van der Waals surface area contributed by atoms with Crippen LogP contribution >= 0.6 is 0 Å². The van der Waals surface area contributed by atoms with E-state index < -0.39 is 4.92 Å². The van der Waals surface area contributed by atoms with Gasteiger partial charge in [0.15, 0.2) is 0 Å². The molecule has 34 heavy (non-hydrogen) atoms. The van der Waals surface area contributed by atoms with Crippen molar-refractivity contribution in [1.82, 2.24) is 4.90 Å². The number of amides is 2. The molecule has 0 aromatic heterocycles. The van der Waals surface area contributed by atoms with Crippen LogP contribution in [-0.2, 0) is 11.3 Å². The van der Waals surface area contributed by atoms with Crippen molar-refractivity contribution < 1.29 is 14.5 Å². The van der Waals surface area contributed by atoms with Crippen molar-refractivity contribution in [2.24, 2.45) is 11.1 Å². The summed E-state index contributed by atoms with van der Waals surface area (Å²) < 4.78 is 0. The van der Waals surface area contributed by atoms with E-state index >= 15 is 0 Å². The normalized spacial score (nSPS) is 18.2. The van der Waals surface area contributed by atoms with Crippen molar-refractivity contribution in [2.75, 3.05) is 5.32 Å². The van der Waals surface area contributed by atoms with Crippen molar-refractivity contribution in [1.29, 1.82) is 0 Å². The highest BCUT2D eigenvalue weighted by Gasteiger charge is 2.32. The molecule has 182 valence electrons. The van der Waals surface area contributed by atoms with Crippen LogP contribution in [0.4, 0.5) is 11.4 Å².